The van der Waals surface area contributed by atoms with Gasteiger partial charge in [-0.3, -0.25) is 0 Å². The van der Waals surface area contributed by atoms with E-state index in [1.54, 1.807) is 0 Å². The largest absolute Gasteiger partial charge is 0.455 e. The maximum absolute atomic E-state index is 6.26. The highest BCUT2D eigenvalue weighted by Gasteiger charge is 2.14. The summed E-state index contributed by atoms with van der Waals surface area (Å²) in [4.78, 5) is 0. The lowest BCUT2D eigenvalue weighted by molar-refractivity contribution is 0.670. The number of furan rings is 1. The molecule has 0 aliphatic carbocycles. The van der Waals surface area contributed by atoms with E-state index in [9.17, 15) is 0 Å². The van der Waals surface area contributed by atoms with E-state index in [-0.39, 0.29) is 0 Å². The van der Waals surface area contributed by atoms with Gasteiger partial charge in [0.05, 0.1) is 0 Å². The minimum atomic E-state index is 0.938. The number of rotatable bonds is 1. The van der Waals surface area contributed by atoms with Gasteiger partial charge in [-0.05, 0) is 34.5 Å². The van der Waals surface area contributed by atoms with Crippen LogP contribution in [0.25, 0.3) is 43.8 Å². The van der Waals surface area contributed by atoms with E-state index in [2.05, 4.69) is 94.8 Å². The Labute approximate surface area is 147 Å². The quantitative estimate of drug-likeness (QED) is 0.304. The Morgan fingerprint density at radius 3 is 2.33 bits per heavy atom. The summed E-state index contributed by atoms with van der Waals surface area (Å²) in [7, 11) is 0. The van der Waals surface area contributed by atoms with Gasteiger partial charge in [-0.1, -0.05) is 76.6 Å². The third kappa shape index (κ3) is 2.00. The zero-order valence-corrected chi connectivity index (χ0v) is 14.4. The summed E-state index contributed by atoms with van der Waals surface area (Å²) < 4.78 is 7.34. The maximum Gasteiger partial charge on any atom is 0.143 e. The molecule has 1 nitrogen and oxygen atoms in total. The Morgan fingerprint density at radius 2 is 1.46 bits per heavy atom. The van der Waals surface area contributed by atoms with Gasteiger partial charge in [-0.25, -0.2) is 0 Å². The molecule has 24 heavy (non-hydrogen) atoms. The van der Waals surface area contributed by atoms with E-state index in [0.29, 0.717) is 0 Å². The van der Waals surface area contributed by atoms with Gasteiger partial charge in [0.1, 0.15) is 11.2 Å². The molecule has 5 rings (SSSR count). The van der Waals surface area contributed by atoms with Crippen molar-refractivity contribution in [2.45, 2.75) is 0 Å². The lowest BCUT2D eigenvalue weighted by Gasteiger charge is -2.03. The Balaban J connectivity index is 1.91. The smallest absolute Gasteiger partial charge is 0.143 e. The Morgan fingerprint density at radius 1 is 0.667 bits per heavy atom. The molecule has 5 aromatic rings. The SMILES string of the molecule is Brc1ccc(-c2cccc3c2oc2ccc4ccccc4c23)cc1. The van der Waals surface area contributed by atoms with Crippen molar-refractivity contribution in [3.63, 3.8) is 0 Å². The van der Waals surface area contributed by atoms with E-state index in [0.717, 1.165) is 26.8 Å². The molecular formula is C22H13BrO. The lowest BCUT2D eigenvalue weighted by Crippen LogP contribution is -1.78. The molecule has 0 aliphatic rings. The number of fused-ring (bicyclic) bond motifs is 5. The number of hydrogen-bond acceptors (Lipinski definition) is 1. The van der Waals surface area contributed by atoms with Crippen LogP contribution in [-0.2, 0) is 0 Å². The maximum atomic E-state index is 6.26. The molecule has 0 bridgehead atoms. The van der Waals surface area contributed by atoms with Gasteiger partial charge in [-0.15, -0.1) is 0 Å². The van der Waals surface area contributed by atoms with Gasteiger partial charge in [0, 0.05) is 20.8 Å². The summed E-state index contributed by atoms with van der Waals surface area (Å²) in [5.41, 5.74) is 4.17. The van der Waals surface area contributed by atoms with Crippen molar-refractivity contribution in [1.29, 1.82) is 0 Å². The van der Waals surface area contributed by atoms with Crippen LogP contribution < -0.4 is 0 Å². The summed E-state index contributed by atoms with van der Waals surface area (Å²) in [5, 5.41) is 4.84. The van der Waals surface area contributed by atoms with Crippen molar-refractivity contribution in [1.82, 2.24) is 0 Å². The fourth-order valence-corrected chi connectivity index (χ4v) is 3.69. The van der Waals surface area contributed by atoms with Crippen LogP contribution in [0.2, 0.25) is 0 Å². The molecule has 0 N–H and O–H groups in total. The van der Waals surface area contributed by atoms with Crippen molar-refractivity contribution in [2.75, 3.05) is 0 Å². The second-order valence-corrected chi connectivity index (χ2v) is 6.87. The molecule has 0 aliphatic heterocycles. The van der Waals surface area contributed by atoms with Gasteiger partial charge in [-0.2, -0.15) is 0 Å². The first-order valence-corrected chi connectivity index (χ1v) is 8.69. The highest BCUT2D eigenvalue weighted by Crippen LogP contribution is 2.39. The molecule has 0 saturated carbocycles. The van der Waals surface area contributed by atoms with E-state index < -0.39 is 0 Å². The topological polar surface area (TPSA) is 13.1 Å². The molecule has 4 aromatic carbocycles. The number of benzene rings is 4. The summed E-state index contributed by atoms with van der Waals surface area (Å²) in [6.07, 6.45) is 0. The van der Waals surface area contributed by atoms with E-state index in [1.165, 1.54) is 21.5 Å². The monoisotopic (exact) mass is 372 g/mol. The van der Waals surface area contributed by atoms with Gasteiger partial charge in [0.15, 0.2) is 0 Å². The third-order valence-electron chi connectivity index (χ3n) is 4.54. The summed E-state index contributed by atoms with van der Waals surface area (Å²) in [6.45, 7) is 0. The minimum absolute atomic E-state index is 0.938. The molecule has 0 fully saturated rings. The van der Waals surface area contributed by atoms with Crippen molar-refractivity contribution in [2.24, 2.45) is 0 Å². The number of hydrogen-bond donors (Lipinski definition) is 0. The second-order valence-electron chi connectivity index (χ2n) is 5.95. The minimum Gasteiger partial charge on any atom is -0.455 e. The molecule has 2 heteroatoms. The van der Waals surface area contributed by atoms with E-state index in [4.69, 9.17) is 4.42 Å². The number of halogens is 1. The highest BCUT2D eigenvalue weighted by atomic mass is 79.9. The van der Waals surface area contributed by atoms with Crippen LogP contribution in [0.5, 0.6) is 0 Å². The fourth-order valence-electron chi connectivity index (χ4n) is 3.42. The normalized spacial score (nSPS) is 11.5. The molecular weight excluding hydrogens is 360 g/mol. The van der Waals surface area contributed by atoms with Gasteiger partial charge in [0.25, 0.3) is 0 Å². The first kappa shape index (κ1) is 13.8. The van der Waals surface area contributed by atoms with Crippen LogP contribution in [-0.4, -0.2) is 0 Å². The standard InChI is InChI=1S/C22H13BrO/c23-16-11-8-15(9-12-16)18-6-3-7-19-21-17-5-2-1-4-14(17)10-13-20(21)24-22(18)19/h1-13H. The van der Waals surface area contributed by atoms with Crippen LogP contribution in [0.3, 0.4) is 0 Å². The molecule has 1 aromatic heterocycles. The fraction of sp³-hybridized carbons (Fsp3) is 0. The van der Waals surface area contributed by atoms with Crippen molar-refractivity contribution in [3.8, 4) is 11.1 Å². The summed E-state index contributed by atoms with van der Waals surface area (Å²) >= 11 is 3.50. The average Bonchev–Trinajstić information content (AvgIpc) is 3.01. The molecule has 0 unspecified atom stereocenters. The number of para-hydroxylation sites is 1. The van der Waals surface area contributed by atoms with Gasteiger partial charge >= 0.3 is 0 Å². The first-order chi connectivity index (χ1) is 11.8. The molecule has 0 spiro atoms. The van der Waals surface area contributed by atoms with Crippen molar-refractivity contribution in [3.05, 3.63) is 83.3 Å². The average molecular weight is 373 g/mol. The predicted octanol–water partition coefficient (Wildman–Crippen LogP) is 7.17. The Bertz CT molecular complexity index is 1200. The first-order valence-electron chi connectivity index (χ1n) is 7.90. The Kier molecular flexibility index (Phi) is 3.00. The summed E-state index contributed by atoms with van der Waals surface area (Å²) in [6, 6.07) is 27.4. The van der Waals surface area contributed by atoms with Crippen LogP contribution in [0, 0.1) is 0 Å². The Hall–Kier alpha value is -2.58. The van der Waals surface area contributed by atoms with Crippen LogP contribution in [0.1, 0.15) is 0 Å². The second kappa shape index (κ2) is 5.22. The predicted molar refractivity (Wildman–Crippen MR) is 104 cm³/mol. The van der Waals surface area contributed by atoms with Crippen molar-refractivity contribution < 1.29 is 4.42 Å². The van der Waals surface area contributed by atoms with Crippen LogP contribution in [0.15, 0.2) is 87.8 Å². The molecule has 0 amide bonds. The van der Waals surface area contributed by atoms with E-state index >= 15 is 0 Å². The third-order valence-corrected chi connectivity index (χ3v) is 5.07. The van der Waals surface area contributed by atoms with Crippen LogP contribution >= 0.6 is 15.9 Å². The zero-order chi connectivity index (χ0) is 16.1. The van der Waals surface area contributed by atoms with Gasteiger partial charge in [0.2, 0.25) is 0 Å². The molecule has 1 heterocycles. The summed E-state index contributed by atoms with van der Waals surface area (Å²) in [5.74, 6) is 0. The molecule has 114 valence electrons. The zero-order valence-electron chi connectivity index (χ0n) is 12.8. The van der Waals surface area contributed by atoms with Gasteiger partial charge < -0.3 is 4.42 Å². The molecule has 0 atom stereocenters. The lowest BCUT2D eigenvalue weighted by atomic mass is 10.00. The molecule has 0 saturated heterocycles. The van der Waals surface area contributed by atoms with Crippen LogP contribution in [0.4, 0.5) is 0 Å². The highest BCUT2D eigenvalue weighted by molar-refractivity contribution is 9.10. The van der Waals surface area contributed by atoms with E-state index in [1.807, 2.05) is 0 Å². The van der Waals surface area contributed by atoms with Crippen molar-refractivity contribution >= 4 is 48.6 Å². The molecule has 0 radical (unpaired) electrons.